The summed E-state index contributed by atoms with van der Waals surface area (Å²) in [4.78, 5) is 4.36. The Morgan fingerprint density at radius 2 is 2.33 bits per heavy atom. The van der Waals surface area contributed by atoms with E-state index in [4.69, 9.17) is 10.3 Å². The van der Waals surface area contributed by atoms with Crippen LogP contribution in [-0.4, -0.2) is 21.6 Å². The van der Waals surface area contributed by atoms with Crippen LogP contribution in [0.25, 0.3) is 0 Å². The van der Waals surface area contributed by atoms with E-state index in [1.54, 1.807) is 0 Å². The maximum atomic E-state index is 5.69. The van der Waals surface area contributed by atoms with Gasteiger partial charge in [0.05, 0.1) is 6.04 Å². The molecule has 0 aliphatic carbocycles. The minimum absolute atomic E-state index is 0.161. The number of hydrogen-bond donors (Lipinski definition) is 1. The van der Waals surface area contributed by atoms with E-state index in [0.717, 1.165) is 12.2 Å². The van der Waals surface area contributed by atoms with Gasteiger partial charge in [0.25, 0.3) is 0 Å². The van der Waals surface area contributed by atoms with E-state index in [2.05, 4.69) is 10.1 Å². The molecule has 4 nitrogen and oxygen atoms in total. The zero-order chi connectivity index (χ0) is 10.7. The molecule has 1 aromatic heterocycles. The molecule has 5 heteroatoms. The molecule has 0 spiro atoms. The number of hydrogen-bond acceptors (Lipinski definition) is 5. The number of nitrogens with zero attached hydrogens (tertiary/aromatic N) is 2. The molecule has 0 radical (unpaired) electrons. The summed E-state index contributed by atoms with van der Waals surface area (Å²) >= 11 is 2.02. The summed E-state index contributed by atoms with van der Waals surface area (Å²) in [5.41, 5.74) is 5.69. The van der Waals surface area contributed by atoms with Crippen molar-refractivity contribution in [2.45, 2.75) is 38.1 Å². The molecule has 0 saturated carbocycles. The molecule has 2 N–H and O–H groups in total. The van der Waals surface area contributed by atoms with Gasteiger partial charge >= 0.3 is 0 Å². The first-order valence-electron chi connectivity index (χ1n) is 5.44. The Hall–Kier alpha value is -0.550. The van der Waals surface area contributed by atoms with Gasteiger partial charge in [0, 0.05) is 5.92 Å². The van der Waals surface area contributed by atoms with E-state index < -0.39 is 0 Å². The van der Waals surface area contributed by atoms with Crippen molar-refractivity contribution in [3.63, 3.8) is 0 Å². The molecule has 1 aliphatic heterocycles. The number of rotatable bonds is 2. The van der Waals surface area contributed by atoms with Gasteiger partial charge in [-0.2, -0.15) is 16.7 Å². The van der Waals surface area contributed by atoms with Crippen molar-refractivity contribution in [2.75, 3.05) is 11.5 Å². The minimum atomic E-state index is -0.161. The number of nitrogens with two attached hydrogens (primary N) is 1. The first-order valence-corrected chi connectivity index (χ1v) is 6.59. The standard InChI is InChI=1S/C10H17N3OS/c1-7(11)10-12-9(13-14-10)8-3-2-5-15-6-4-8/h7-8H,2-6,11H2,1H3/t7-,8+/m1/s1. The molecule has 1 saturated heterocycles. The smallest absolute Gasteiger partial charge is 0.243 e. The lowest BCUT2D eigenvalue weighted by Crippen LogP contribution is -2.06. The Balaban J connectivity index is 2.06. The highest BCUT2D eigenvalue weighted by atomic mass is 32.2. The van der Waals surface area contributed by atoms with E-state index in [0.29, 0.717) is 11.8 Å². The predicted octanol–water partition coefficient (Wildman–Crippen LogP) is 2.09. The highest BCUT2D eigenvalue weighted by Gasteiger charge is 2.20. The Morgan fingerprint density at radius 1 is 1.47 bits per heavy atom. The zero-order valence-corrected chi connectivity index (χ0v) is 9.80. The van der Waals surface area contributed by atoms with Crippen LogP contribution in [0.3, 0.4) is 0 Å². The first kappa shape index (κ1) is 11.0. The summed E-state index contributed by atoms with van der Waals surface area (Å²) in [6, 6.07) is -0.161. The topological polar surface area (TPSA) is 64.9 Å². The Labute approximate surface area is 94.0 Å². The third-order valence-electron chi connectivity index (χ3n) is 2.66. The fraction of sp³-hybridized carbons (Fsp3) is 0.800. The van der Waals surface area contributed by atoms with Gasteiger partial charge in [-0.25, -0.2) is 0 Å². The van der Waals surface area contributed by atoms with Gasteiger partial charge < -0.3 is 10.3 Å². The highest BCUT2D eigenvalue weighted by molar-refractivity contribution is 7.99. The molecular weight excluding hydrogens is 210 g/mol. The molecule has 15 heavy (non-hydrogen) atoms. The highest BCUT2D eigenvalue weighted by Crippen LogP contribution is 2.29. The van der Waals surface area contributed by atoms with Crippen LogP contribution >= 0.6 is 11.8 Å². The van der Waals surface area contributed by atoms with Crippen LogP contribution in [0.4, 0.5) is 0 Å². The van der Waals surface area contributed by atoms with Gasteiger partial charge in [0.2, 0.25) is 5.89 Å². The fourth-order valence-corrected chi connectivity index (χ4v) is 2.79. The normalized spacial score (nSPS) is 24.8. The van der Waals surface area contributed by atoms with Crippen LogP contribution in [0.15, 0.2) is 4.52 Å². The van der Waals surface area contributed by atoms with Gasteiger partial charge in [-0.3, -0.25) is 0 Å². The lowest BCUT2D eigenvalue weighted by Gasteiger charge is -2.06. The van der Waals surface area contributed by atoms with Gasteiger partial charge in [-0.15, -0.1) is 0 Å². The van der Waals surface area contributed by atoms with Gasteiger partial charge in [0.15, 0.2) is 5.82 Å². The SMILES string of the molecule is C[C@@H](N)c1nc([C@H]2CCCSCC2)no1. The third-order valence-corrected chi connectivity index (χ3v) is 3.77. The molecule has 1 aromatic rings. The van der Waals surface area contributed by atoms with Crippen molar-refractivity contribution < 1.29 is 4.52 Å². The van der Waals surface area contributed by atoms with Crippen molar-refractivity contribution in [3.05, 3.63) is 11.7 Å². The third kappa shape index (κ3) is 2.72. The minimum Gasteiger partial charge on any atom is -0.338 e. The van der Waals surface area contributed by atoms with Crippen molar-refractivity contribution >= 4 is 11.8 Å². The first-order chi connectivity index (χ1) is 7.27. The van der Waals surface area contributed by atoms with Crippen LogP contribution in [0.2, 0.25) is 0 Å². The summed E-state index contributed by atoms with van der Waals surface area (Å²) in [7, 11) is 0. The van der Waals surface area contributed by atoms with Gasteiger partial charge in [0.1, 0.15) is 0 Å². The fourth-order valence-electron chi connectivity index (χ4n) is 1.76. The summed E-state index contributed by atoms with van der Waals surface area (Å²) in [5, 5.41) is 4.03. The number of thioether (sulfide) groups is 1. The molecule has 1 fully saturated rings. The Bertz CT molecular complexity index is 305. The van der Waals surface area contributed by atoms with Crippen LogP contribution in [0, 0.1) is 0 Å². The van der Waals surface area contributed by atoms with E-state index >= 15 is 0 Å². The van der Waals surface area contributed by atoms with Crippen LogP contribution < -0.4 is 5.73 Å². The van der Waals surface area contributed by atoms with Crippen molar-refractivity contribution in [2.24, 2.45) is 5.73 Å². The van der Waals surface area contributed by atoms with Crippen molar-refractivity contribution in [1.29, 1.82) is 0 Å². The molecule has 2 heterocycles. The van der Waals surface area contributed by atoms with E-state index in [-0.39, 0.29) is 6.04 Å². The van der Waals surface area contributed by atoms with Crippen molar-refractivity contribution in [3.8, 4) is 0 Å². The second-order valence-corrected chi connectivity index (χ2v) is 5.24. The molecule has 0 unspecified atom stereocenters. The van der Waals surface area contributed by atoms with E-state index in [1.165, 1.54) is 24.3 Å². The van der Waals surface area contributed by atoms with Gasteiger partial charge in [-0.05, 0) is 37.7 Å². The van der Waals surface area contributed by atoms with Crippen molar-refractivity contribution in [1.82, 2.24) is 10.1 Å². The Morgan fingerprint density at radius 3 is 3.07 bits per heavy atom. The Kier molecular flexibility index (Phi) is 3.64. The summed E-state index contributed by atoms with van der Waals surface area (Å²) in [5.74, 6) is 4.34. The summed E-state index contributed by atoms with van der Waals surface area (Å²) in [6.07, 6.45) is 3.57. The monoisotopic (exact) mass is 227 g/mol. The lowest BCUT2D eigenvalue weighted by molar-refractivity contribution is 0.353. The summed E-state index contributed by atoms with van der Waals surface area (Å²) in [6.45, 7) is 1.86. The molecule has 2 atom stereocenters. The average Bonchev–Trinajstić information content (AvgIpc) is 2.55. The largest absolute Gasteiger partial charge is 0.338 e. The predicted molar refractivity (Wildman–Crippen MR) is 60.8 cm³/mol. The maximum absolute atomic E-state index is 5.69. The quantitative estimate of drug-likeness (QED) is 0.838. The van der Waals surface area contributed by atoms with Crippen LogP contribution in [0.1, 0.15) is 49.9 Å². The van der Waals surface area contributed by atoms with E-state index in [1.807, 2.05) is 18.7 Å². The second kappa shape index (κ2) is 4.99. The molecular formula is C10H17N3OS. The molecule has 0 bridgehead atoms. The van der Waals surface area contributed by atoms with E-state index in [9.17, 15) is 0 Å². The molecule has 0 aromatic carbocycles. The van der Waals surface area contributed by atoms with Gasteiger partial charge in [-0.1, -0.05) is 5.16 Å². The van der Waals surface area contributed by atoms with Crippen LogP contribution in [0.5, 0.6) is 0 Å². The molecule has 1 aliphatic rings. The maximum Gasteiger partial charge on any atom is 0.243 e. The average molecular weight is 227 g/mol. The summed E-state index contributed by atoms with van der Waals surface area (Å²) < 4.78 is 5.13. The molecule has 0 amide bonds. The number of aromatic nitrogens is 2. The zero-order valence-electron chi connectivity index (χ0n) is 8.98. The second-order valence-electron chi connectivity index (χ2n) is 4.02. The van der Waals surface area contributed by atoms with Crippen LogP contribution in [-0.2, 0) is 0 Å². The molecule has 84 valence electrons. The molecule has 2 rings (SSSR count). The lowest BCUT2D eigenvalue weighted by atomic mass is 10.0.